The smallest absolute Gasteiger partial charge is 0.268 e. The average Bonchev–Trinajstić information content (AvgIpc) is 3.41. The van der Waals surface area contributed by atoms with Crippen molar-refractivity contribution in [2.45, 2.75) is 56.5 Å². The number of rotatable bonds is 5. The highest BCUT2D eigenvalue weighted by Gasteiger charge is 2.36. The molecule has 1 aliphatic carbocycles. The highest BCUT2D eigenvalue weighted by Crippen LogP contribution is 2.38. The number of piperidine rings is 1. The number of carbonyl (C=O) groups is 1. The summed E-state index contributed by atoms with van der Waals surface area (Å²) in [6.45, 7) is 2.14. The van der Waals surface area contributed by atoms with Gasteiger partial charge in [0, 0.05) is 30.9 Å². The van der Waals surface area contributed by atoms with Crippen molar-refractivity contribution in [3.63, 3.8) is 0 Å². The van der Waals surface area contributed by atoms with Crippen molar-refractivity contribution in [3.8, 4) is 0 Å². The lowest BCUT2D eigenvalue weighted by atomic mass is 9.78. The van der Waals surface area contributed by atoms with Crippen LogP contribution in [0.15, 0.2) is 78.2 Å². The van der Waals surface area contributed by atoms with Crippen LogP contribution in [0.1, 0.15) is 59.7 Å². The van der Waals surface area contributed by atoms with Gasteiger partial charge in [0.15, 0.2) is 0 Å². The van der Waals surface area contributed by atoms with Crippen LogP contribution in [0, 0.1) is 0 Å². The largest absolute Gasteiger partial charge is 0.305 e. The first-order valence-corrected chi connectivity index (χ1v) is 12.9. The van der Waals surface area contributed by atoms with Crippen LogP contribution in [0.25, 0.3) is 0 Å². The molecule has 2 atom stereocenters. The van der Waals surface area contributed by atoms with E-state index in [0.717, 1.165) is 36.5 Å². The molecule has 0 spiro atoms. The Morgan fingerprint density at radius 3 is 2.19 bits per heavy atom. The number of para-hydroxylation sites is 1. The lowest BCUT2D eigenvalue weighted by Gasteiger charge is -2.45. The van der Waals surface area contributed by atoms with Crippen LogP contribution < -0.4 is 4.90 Å². The van der Waals surface area contributed by atoms with Gasteiger partial charge in [-0.15, -0.1) is 11.3 Å². The van der Waals surface area contributed by atoms with Crippen LogP contribution in [0.3, 0.4) is 0 Å². The van der Waals surface area contributed by atoms with Crippen molar-refractivity contribution in [1.29, 1.82) is 0 Å². The lowest BCUT2D eigenvalue weighted by molar-refractivity contribution is 0.0898. The molecule has 166 valence electrons. The van der Waals surface area contributed by atoms with Crippen molar-refractivity contribution < 1.29 is 4.79 Å². The molecule has 3 nitrogen and oxygen atoms in total. The lowest BCUT2D eigenvalue weighted by Crippen LogP contribution is -2.51. The molecule has 1 aromatic heterocycles. The number of benzene rings is 2. The topological polar surface area (TPSA) is 23.6 Å². The Kier molecular flexibility index (Phi) is 6.70. The predicted octanol–water partition coefficient (Wildman–Crippen LogP) is 6.59. The van der Waals surface area contributed by atoms with Gasteiger partial charge >= 0.3 is 0 Å². The van der Waals surface area contributed by atoms with Crippen molar-refractivity contribution in [2.75, 3.05) is 18.0 Å². The number of carbonyl (C=O) groups excluding carboxylic acids is 1. The molecule has 2 aliphatic rings. The van der Waals surface area contributed by atoms with E-state index in [1.807, 2.05) is 35.7 Å². The molecule has 0 radical (unpaired) electrons. The van der Waals surface area contributed by atoms with Crippen molar-refractivity contribution >= 4 is 22.9 Å². The van der Waals surface area contributed by atoms with E-state index in [2.05, 4.69) is 52.3 Å². The van der Waals surface area contributed by atoms with E-state index in [1.165, 1.54) is 42.6 Å². The number of thiophene rings is 1. The Morgan fingerprint density at radius 2 is 1.50 bits per heavy atom. The molecule has 2 fully saturated rings. The molecule has 0 bridgehead atoms. The van der Waals surface area contributed by atoms with Crippen molar-refractivity contribution in [3.05, 3.63) is 88.6 Å². The van der Waals surface area contributed by atoms with Crippen molar-refractivity contribution in [2.24, 2.45) is 0 Å². The Hall–Kier alpha value is -2.43. The normalized spacial score (nSPS) is 22.5. The molecule has 2 heterocycles. The Morgan fingerprint density at radius 1 is 0.812 bits per heavy atom. The molecule has 1 amide bonds. The second-order valence-corrected chi connectivity index (χ2v) is 10.1. The molecular formula is C28H32N2OS. The molecular weight excluding hydrogens is 412 g/mol. The second kappa shape index (κ2) is 10.0. The minimum absolute atomic E-state index is 0.143. The zero-order valence-electron chi connectivity index (χ0n) is 18.6. The maximum atomic E-state index is 13.4. The van der Waals surface area contributed by atoms with Gasteiger partial charge in [0.05, 0.1) is 4.88 Å². The van der Waals surface area contributed by atoms with Crippen LogP contribution >= 0.6 is 11.3 Å². The summed E-state index contributed by atoms with van der Waals surface area (Å²) in [4.78, 5) is 19.1. The Bertz CT molecular complexity index is 981. The summed E-state index contributed by atoms with van der Waals surface area (Å²) in [7, 11) is 0. The summed E-state index contributed by atoms with van der Waals surface area (Å²) in [5, 5.41) is 1.99. The average molecular weight is 445 g/mol. The zero-order valence-corrected chi connectivity index (χ0v) is 19.4. The van der Waals surface area contributed by atoms with Gasteiger partial charge in [0.25, 0.3) is 5.91 Å². The van der Waals surface area contributed by atoms with Gasteiger partial charge in [-0.1, -0.05) is 67.4 Å². The van der Waals surface area contributed by atoms with Crippen LogP contribution in [0.4, 0.5) is 5.69 Å². The van der Waals surface area contributed by atoms with Gasteiger partial charge < -0.3 is 4.90 Å². The third kappa shape index (κ3) is 4.53. The van der Waals surface area contributed by atoms with Crippen LogP contribution in [0.2, 0.25) is 0 Å². The van der Waals surface area contributed by atoms with Gasteiger partial charge in [-0.05, 0) is 60.7 Å². The molecule has 0 unspecified atom stereocenters. The fourth-order valence-corrected chi connectivity index (χ4v) is 6.37. The summed E-state index contributed by atoms with van der Waals surface area (Å²) in [5.41, 5.74) is 2.52. The quantitative estimate of drug-likeness (QED) is 0.443. The molecule has 3 aromatic rings. The minimum atomic E-state index is 0.143. The van der Waals surface area contributed by atoms with E-state index in [0.29, 0.717) is 12.0 Å². The highest BCUT2D eigenvalue weighted by atomic mass is 32.1. The van der Waals surface area contributed by atoms with Gasteiger partial charge in [-0.25, -0.2) is 0 Å². The fourth-order valence-electron chi connectivity index (χ4n) is 5.71. The molecule has 1 saturated heterocycles. The summed E-state index contributed by atoms with van der Waals surface area (Å²) < 4.78 is 0. The van der Waals surface area contributed by atoms with E-state index in [4.69, 9.17) is 0 Å². The van der Waals surface area contributed by atoms with Gasteiger partial charge in [-0.3, -0.25) is 9.69 Å². The summed E-state index contributed by atoms with van der Waals surface area (Å²) in [6, 6.07) is 26.1. The molecule has 32 heavy (non-hydrogen) atoms. The maximum absolute atomic E-state index is 13.4. The number of anilines is 1. The summed E-state index contributed by atoms with van der Waals surface area (Å²) in [5.74, 6) is 0.781. The van der Waals surface area contributed by atoms with E-state index in [1.54, 1.807) is 0 Å². The molecule has 4 heteroatoms. The molecule has 2 aromatic carbocycles. The molecule has 0 N–H and O–H groups in total. The predicted molar refractivity (Wildman–Crippen MR) is 134 cm³/mol. The molecule has 5 rings (SSSR count). The number of likely N-dealkylation sites (tertiary alicyclic amines) is 1. The Balaban J connectivity index is 1.32. The van der Waals surface area contributed by atoms with Crippen molar-refractivity contribution in [1.82, 2.24) is 4.90 Å². The second-order valence-electron chi connectivity index (χ2n) is 9.12. The van der Waals surface area contributed by atoms with Gasteiger partial charge in [-0.2, -0.15) is 0 Å². The van der Waals surface area contributed by atoms with E-state index in [9.17, 15) is 4.79 Å². The maximum Gasteiger partial charge on any atom is 0.268 e. The van der Waals surface area contributed by atoms with Crippen LogP contribution in [-0.2, 0) is 0 Å². The number of hydrogen-bond acceptors (Lipinski definition) is 3. The third-order valence-corrected chi connectivity index (χ3v) is 8.13. The van der Waals surface area contributed by atoms with E-state index >= 15 is 0 Å². The first-order chi connectivity index (χ1) is 15.8. The number of hydrogen-bond donors (Lipinski definition) is 0. The SMILES string of the molecule is O=C(c1cccs1)N(c1ccccc1)C1CCN([C@@H]2CCCC[C@@H]2c2ccccc2)CC1. The highest BCUT2D eigenvalue weighted by molar-refractivity contribution is 7.12. The fraction of sp³-hybridized carbons (Fsp3) is 0.393. The number of nitrogens with zero attached hydrogens (tertiary/aromatic N) is 2. The third-order valence-electron chi connectivity index (χ3n) is 7.28. The Labute approximate surface area is 195 Å². The first-order valence-electron chi connectivity index (χ1n) is 12.0. The standard InChI is InChI=1S/C28H32N2OS/c31-28(27-16-9-21-32-27)30(23-12-5-2-6-13-23)24-17-19-29(20-18-24)26-15-8-7-14-25(26)22-10-3-1-4-11-22/h1-6,9-13,16,21,24-26H,7-8,14-15,17-20H2/t25-,26-/m1/s1. The molecule has 1 aliphatic heterocycles. The summed E-state index contributed by atoms with van der Waals surface area (Å²) in [6.07, 6.45) is 7.32. The monoisotopic (exact) mass is 444 g/mol. The zero-order chi connectivity index (χ0) is 21.8. The minimum Gasteiger partial charge on any atom is -0.305 e. The summed E-state index contributed by atoms with van der Waals surface area (Å²) >= 11 is 1.54. The van der Waals surface area contributed by atoms with Gasteiger partial charge in [0.1, 0.15) is 0 Å². The number of amides is 1. The van der Waals surface area contributed by atoms with E-state index < -0.39 is 0 Å². The first kappa shape index (κ1) is 21.4. The molecule has 1 saturated carbocycles. The van der Waals surface area contributed by atoms with Crippen LogP contribution in [0.5, 0.6) is 0 Å². The van der Waals surface area contributed by atoms with Gasteiger partial charge in [0.2, 0.25) is 0 Å². The van der Waals surface area contributed by atoms with Crippen LogP contribution in [-0.4, -0.2) is 36.0 Å². The van der Waals surface area contributed by atoms with E-state index in [-0.39, 0.29) is 11.9 Å².